The van der Waals surface area contributed by atoms with Crippen LogP contribution in [0, 0.1) is 0 Å². The van der Waals surface area contributed by atoms with Crippen LogP contribution in [0.1, 0.15) is 68.3 Å². The third-order valence-electron chi connectivity index (χ3n) is 6.65. The van der Waals surface area contributed by atoms with Crippen molar-refractivity contribution in [3.63, 3.8) is 0 Å². The van der Waals surface area contributed by atoms with Crippen LogP contribution in [0.2, 0.25) is 5.02 Å². The topological polar surface area (TPSA) is 87.7 Å². The number of rotatable bonds is 7. The Bertz CT molecular complexity index is 1140. The number of amides is 2. The molecule has 0 radical (unpaired) electrons. The zero-order valence-electron chi connectivity index (χ0n) is 21.1. The molecule has 1 saturated heterocycles. The summed E-state index contributed by atoms with van der Waals surface area (Å²) in [5.74, 6) is 0.0268. The van der Waals surface area contributed by atoms with E-state index >= 15 is 0 Å². The van der Waals surface area contributed by atoms with Gasteiger partial charge in [0.25, 0.3) is 0 Å². The minimum absolute atomic E-state index is 0.0270. The summed E-state index contributed by atoms with van der Waals surface area (Å²) in [6.07, 6.45) is 1.78. The highest BCUT2D eigenvalue weighted by atomic mass is 35.5. The average molecular weight is 512 g/mol. The Hall–Kier alpha value is -2.90. The summed E-state index contributed by atoms with van der Waals surface area (Å²) in [6, 6.07) is 12.6. The number of aryl methyl sites for hydroxylation is 1. The number of nitrogens with one attached hydrogen (secondary N) is 2. The van der Waals surface area contributed by atoms with Crippen molar-refractivity contribution in [2.24, 2.45) is 0 Å². The maximum atomic E-state index is 13.4. The number of fused-ring (bicyclic) bond motifs is 1. The van der Waals surface area contributed by atoms with Crippen LogP contribution in [0.15, 0.2) is 42.5 Å². The van der Waals surface area contributed by atoms with Gasteiger partial charge in [0.1, 0.15) is 11.6 Å². The van der Waals surface area contributed by atoms with E-state index in [-0.39, 0.29) is 18.2 Å². The minimum Gasteiger partial charge on any atom is -0.444 e. The standard InChI is InChI=1S/C28H34ClN3O4/c1-28(2,3)36-27(35)31-16-19-10-12-21(29)15-18(19)11-13-24(33)23-9-6-14-32(23)26(34)25-22-8-5-4-7-20(22)17-30-25/h4-5,7-8,10,12,15,23,25,30H,6,9,11,13-14,16-17H2,1-3H3,(H,31,35)/t23-,25?/m0/s1. The molecule has 7 nitrogen and oxygen atoms in total. The summed E-state index contributed by atoms with van der Waals surface area (Å²) in [6.45, 7) is 6.96. The van der Waals surface area contributed by atoms with Crippen molar-refractivity contribution in [3.05, 3.63) is 69.7 Å². The summed E-state index contributed by atoms with van der Waals surface area (Å²) >= 11 is 6.23. The first kappa shape index (κ1) is 26.2. The van der Waals surface area contributed by atoms with Gasteiger partial charge in [0, 0.05) is 31.1 Å². The number of alkyl carbamates (subject to hydrolysis) is 1. The van der Waals surface area contributed by atoms with E-state index < -0.39 is 23.8 Å². The van der Waals surface area contributed by atoms with Gasteiger partial charge in [0.15, 0.2) is 5.78 Å². The Morgan fingerprint density at radius 1 is 1.14 bits per heavy atom. The van der Waals surface area contributed by atoms with E-state index in [0.29, 0.717) is 37.4 Å². The lowest BCUT2D eigenvalue weighted by Crippen LogP contribution is -2.44. The molecule has 2 atom stereocenters. The van der Waals surface area contributed by atoms with Crippen LogP contribution >= 0.6 is 11.6 Å². The second kappa shape index (κ2) is 11.0. The Morgan fingerprint density at radius 2 is 1.92 bits per heavy atom. The van der Waals surface area contributed by atoms with Crippen molar-refractivity contribution < 1.29 is 19.1 Å². The van der Waals surface area contributed by atoms with Crippen LogP contribution in [0.25, 0.3) is 0 Å². The summed E-state index contributed by atoms with van der Waals surface area (Å²) in [7, 11) is 0. The molecule has 36 heavy (non-hydrogen) atoms. The molecule has 1 fully saturated rings. The normalized spacial score (nSPS) is 19.2. The number of halogens is 1. The molecule has 2 amide bonds. The van der Waals surface area contributed by atoms with E-state index in [4.69, 9.17) is 16.3 Å². The molecule has 0 aliphatic carbocycles. The smallest absolute Gasteiger partial charge is 0.407 e. The van der Waals surface area contributed by atoms with E-state index in [0.717, 1.165) is 28.7 Å². The summed E-state index contributed by atoms with van der Waals surface area (Å²) in [5, 5.41) is 6.65. The number of carbonyl (C=O) groups excluding carboxylic acids is 3. The van der Waals surface area contributed by atoms with Gasteiger partial charge in [-0.05, 0) is 74.4 Å². The molecule has 2 heterocycles. The number of nitrogens with zero attached hydrogens (tertiary/aromatic N) is 1. The highest BCUT2D eigenvalue weighted by Crippen LogP contribution is 2.30. The number of carbonyl (C=O) groups is 3. The first-order chi connectivity index (χ1) is 17.1. The Kier molecular flexibility index (Phi) is 8.00. The van der Waals surface area contributed by atoms with E-state index in [1.54, 1.807) is 11.0 Å². The van der Waals surface area contributed by atoms with Gasteiger partial charge >= 0.3 is 6.09 Å². The molecule has 4 rings (SSSR count). The van der Waals surface area contributed by atoms with Gasteiger partial charge in [-0.3, -0.25) is 14.9 Å². The molecular weight excluding hydrogens is 478 g/mol. The molecule has 0 saturated carbocycles. The van der Waals surface area contributed by atoms with Crippen LogP contribution in [0.5, 0.6) is 0 Å². The first-order valence-electron chi connectivity index (χ1n) is 12.5. The van der Waals surface area contributed by atoms with Crippen molar-refractivity contribution >= 4 is 29.4 Å². The number of Topliss-reactive ketones (excluding diaryl/α,β-unsaturated/α-hetero) is 1. The zero-order chi connectivity index (χ0) is 25.9. The fourth-order valence-electron chi connectivity index (χ4n) is 4.96. The van der Waals surface area contributed by atoms with Crippen LogP contribution in [-0.2, 0) is 33.8 Å². The molecule has 2 aliphatic heterocycles. The van der Waals surface area contributed by atoms with Gasteiger partial charge in [-0.1, -0.05) is 41.9 Å². The fraction of sp³-hybridized carbons (Fsp3) is 0.464. The van der Waals surface area contributed by atoms with Gasteiger partial charge in [-0.25, -0.2) is 4.79 Å². The van der Waals surface area contributed by atoms with Gasteiger partial charge in [0.2, 0.25) is 5.91 Å². The second-order valence-corrected chi connectivity index (χ2v) is 10.9. The number of ketones is 1. The van der Waals surface area contributed by atoms with Crippen LogP contribution in [0.4, 0.5) is 4.79 Å². The maximum absolute atomic E-state index is 13.4. The molecular formula is C28H34ClN3O4. The molecule has 0 spiro atoms. The van der Waals surface area contributed by atoms with Crippen molar-refractivity contribution in [2.45, 2.75) is 77.2 Å². The predicted octanol–water partition coefficient (Wildman–Crippen LogP) is 4.70. The highest BCUT2D eigenvalue weighted by Gasteiger charge is 2.39. The van der Waals surface area contributed by atoms with Crippen LogP contribution < -0.4 is 10.6 Å². The molecule has 2 aromatic carbocycles. The average Bonchev–Trinajstić information content (AvgIpc) is 3.48. The number of benzene rings is 2. The first-order valence-corrected chi connectivity index (χ1v) is 12.9. The van der Waals surface area contributed by atoms with Crippen LogP contribution in [-0.4, -0.2) is 40.9 Å². The summed E-state index contributed by atoms with van der Waals surface area (Å²) < 4.78 is 5.31. The summed E-state index contributed by atoms with van der Waals surface area (Å²) in [4.78, 5) is 40.5. The SMILES string of the molecule is CC(C)(C)OC(=O)NCc1ccc(Cl)cc1CCC(=O)[C@@H]1CCCN1C(=O)C1NCc2ccccc21. The molecule has 0 bridgehead atoms. The van der Waals surface area contributed by atoms with Gasteiger partial charge < -0.3 is 15.0 Å². The summed E-state index contributed by atoms with van der Waals surface area (Å²) in [5.41, 5.74) is 3.33. The van der Waals surface area contributed by atoms with Crippen LogP contribution in [0.3, 0.4) is 0 Å². The van der Waals surface area contributed by atoms with E-state index in [9.17, 15) is 14.4 Å². The largest absolute Gasteiger partial charge is 0.444 e. The van der Waals surface area contributed by atoms with Crippen molar-refractivity contribution in [3.8, 4) is 0 Å². The molecule has 0 aromatic heterocycles. The van der Waals surface area contributed by atoms with Crippen molar-refractivity contribution in [2.75, 3.05) is 6.54 Å². The third-order valence-corrected chi connectivity index (χ3v) is 6.88. The highest BCUT2D eigenvalue weighted by molar-refractivity contribution is 6.30. The Balaban J connectivity index is 1.38. The van der Waals surface area contributed by atoms with Gasteiger partial charge in [-0.2, -0.15) is 0 Å². The van der Waals surface area contributed by atoms with Crippen molar-refractivity contribution in [1.29, 1.82) is 0 Å². The van der Waals surface area contributed by atoms with E-state index in [1.165, 1.54) is 0 Å². The number of likely N-dealkylation sites (tertiary alicyclic amines) is 1. The molecule has 2 aliphatic rings. The van der Waals surface area contributed by atoms with Gasteiger partial charge in [0.05, 0.1) is 6.04 Å². The van der Waals surface area contributed by atoms with Gasteiger partial charge in [-0.15, -0.1) is 0 Å². The zero-order valence-corrected chi connectivity index (χ0v) is 21.9. The lowest BCUT2D eigenvalue weighted by molar-refractivity contribution is -0.139. The predicted molar refractivity (Wildman–Crippen MR) is 139 cm³/mol. The molecule has 1 unspecified atom stereocenters. The Morgan fingerprint density at radius 3 is 2.69 bits per heavy atom. The van der Waals surface area contributed by atoms with Crippen molar-refractivity contribution in [1.82, 2.24) is 15.5 Å². The third kappa shape index (κ3) is 6.26. The Labute approximate surface area is 217 Å². The molecule has 192 valence electrons. The molecule has 2 N–H and O–H groups in total. The van der Waals surface area contributed by atoms with E-state index in [1.807, 2.05) is 57.2 Å². The minimum atomic E-state index is -0.583. The number of hydrogen-bond acceptors (Lipinski definition) is 5. The molecule has 2 aromatic rings. The lowest BCUT2D eigenvalue weighted by Gasteiger charge is -2.27. The quantitative estimate of drug-likeness (QED) is 0.562. The number of hydrogen-bond donors (Lipinski definition) is 2. The second-order valence-electron chi connectivity index (χ2n) is 10.4. The number of ether oxygens (including phenoxy) is 1. The lowest BCUT2D eigenvalue weighted by atomic mass is 9.97. The fourth-order valence-corrected chi connectivity index (χ4v) is 5.15. The monoisotopic (exact) mass is 511 g/mol. The van der Waals surface area contributed by atoms with E-state index in [2.05, 4.69) is 10.6 Å². The molecule has 8 heteroatoms. The maximum Gasteiger partial charge on any atom is 0.407 e.